The molecule has 3 rings (SSSR count). The van der Waals surface area contributed by atoms with Crippen molar-refractivity contribution in [3.05, 3.63) is 35.8 Å². The predicted molar refractivity (Wildman–Crippen MR) is 94.6 cm³/mol. The molecule has 0 radical (unpaired) electrons. The second kappa shape index (κ2) is 8.14. The van der Waals surface area contributed by atoms with Crippen LogP contribution < -0.4 is 14.8 Å². The minimum absolute atomic E-state index is 0.573. The Labute approximate surface area is 141 Å². The predicted octanol–water partition coefficient (Wildman–Crippen LogP) is 3.32. The van der Waals surface area contributed by atoms with Gasteiger partial charge in [-0.05, 0) is 19.1 Å². The molecule has 0 bridgehead atoms. The minimum atomic E-state index is 0.573. The van der Waals surface area contributed by atoms with Gasteiger partial charge in [0.1, 0.15) is 23.6 Å². The number of rotatable bonds is 5. The Morgan fingerprint density at radius 3 is 2.62 bits per heavy atom. The highest BCUT2D eigenvalue weighted by molar-refractivity contribution is 5.88. The highest BCUT2D eigenvalue weighted by atomic mass is 16.5. The first kappa shape index (κ1) is 17.5. The molecule has 7 nitrogen and oxygen atoms in total. The first-order valence-electron chi connectivity index (χ1n) is 7.83. The molecular formula is C17H23N5O2. The molecule has 24 heavy (non-hydrogen) atoms. The van der Waals surface area contributed by atoms with Crippen LogP contribution in [0.4, 0.5) is 5.82 Å². The third-order valence-electron chi connectivity index (χ3n) is 3.47. The summed E-state index contributed by atoms with van der Waals surface area (Å²) >= 11 is 0. The fraction of sp³-hybridized carbons (Fsp3) is 0.353. The van der Waals surface area contributed by atoms with E-state index in [-0.39, 0.29) is 0 Å². The van der Waals surface area contributed by atoms with E-state index in [0.29, 0.717) is 12.2 Å². The van der Waals surface area contributed by atoms with Crippen LogP contribution in [0.5, 0.6) is 11.5 Å². The van der Waals surface area contributed by atoms with Crippen LogP contribution in [-0.4, -0.2) is 34.4 Å². The molecule has 0 saturated heterocycles. The topological polar surface area (TPSA) is 85.0 Å². The van der Waals surface area contributed by atoms with Crippen LogP contribution in [-0.2, 0) is 6.54 Å². The number of H-pyrrole nitrogens is 1. The van der Waals surface area contributed by atoms with Crippen molar-refractivity contribution < 1.29 is 9.47 Å². The van der Waals surface area contributed by atoms with Crippen molar-refractivity contribution in [2.75, 3.05) is 19.5 Å². The van der Waals surface area contributed by atoms with Crippen molar-refractivity contribution >= 4 is 16.9 Å². The monoisotopic (exact) mass is 329 g/mol. The third-order valence-corrected chi connectivity index (χ3v) is 3.47. The number of nitrogens with zero attached hydrogens (tertiary/aromatic N) is 3. The van der Waals surface area contributed by atoms with Gasteiger partial charge in [-0.1, -0.05) is 13.8 Å². The summed E-state index contributed by atoms with van der Waals surface area (Å²) in [5, 5.41) is 11.3. The third kappa shape index (κ3) is 3.56. The van der Waals surface area contributed by atoms with Crippen molar-refractivity contribution in [1.29, 1.82) is 0 Å². The van der Waals surface area contributed by atoms with E-state index in [9.17, 15) is 0 Å². The zero-order valence-corrected chi connectivity index (χ0v) is 14.7. The van der Waals surface area contributed by atoms with Gasteiger partial charge in [-0.15, -0.1) is 0 Å². The SMILES string of the molecule is CC.COc1ccc(CNc2ncnc3n[nH]c(C)c23)c(OC)c1. The average molecular weight is 329 g/mol. The maximum Gasteiger partial charge on any atom is 0.186 e. The van der Waals surface area contributed by atoms with Crippen LogP contribution in [0.25, 0.3) is 11.0 Å². The highest BCUT2D eigenvalue weighted by Gasteiger charge is 2.11. The lowest BCUT2D eigenvalue weighted by atomic mass is 10.2. The Kier molecular flexibility index (Phi) is 5.95. The summed E-state index contributed by atoms with van der Waals surface area (Å²) in [5.74, 6) is 2.27. The zero-order valence-electron chi connectivity index (χ0n) is 14.7. The number of hydrogen-bond donors (Lipinski definition) is 2. The summed E-state index contributed by atoms with van der Waals surface area (Å²) in [6, 6.07) is 5.72. The average Bonchev–Trinajstić information content (AvgIpc) is 3.03. The molecule has 0 spiro atoms. The van der Waals surface area contributed by atoms with Gasteiger partial charge in [0, 0.05) is 23.9 Å². The summed E-state index contributed by atoms with van der Waals surface area (Å²) in [6.07, 6.45) is 1.50. The molecule has 0 saturated carbocycles. The smallest absolute Gasteiger partial charge is 0.186 e. The molecule has 0 amide bonds. The number of fused-ring (bicyclic) bond motifs is 1. The van der Waals surface area contributed by atoms with Crippen LogP contribution in [0.3, 0.4) is 0 Å². The lowest BCUT2D eigenvalue weighted by Gasteiger charge is -2.12. The number of anilines is 1. The van der Waals surface area contributed by atoms with Gasteiger partial charge in [0.05, 0.1) is 19.6 Å². The molecule has 2 heterocycles. The van der Waals surface area contributed by atoms with Crippen molar-refractivity contribution in [2.24, 2.45) is 0 Å². The molecule has 7 heteroatoms. The largest absolute Gasteiger partial charge is 0.497 e. The molecule has 0 aliphatic carbocycles. The number of hydrogen-bond acceptors (Lipinski definition) is 6. The van der Waals surface area contributed by atoms with Gasteiger partial charge in [-0.3, -0.25) is 5.10 Å². The second-order valence-electron chi connectivity index (χ2n) is 4.80. The van der Waals surface area contributed by atoms with Crippen LogP contribution in [0.1, 0.15) is 25.1 Å². The van der Waals surface area contributed by atoms with E-state index >= 15 is 0 Å². The molecule has 0 fully saturated rings. The maximum atomic E-state index is 5.40. The molecule has 0 aliphatic rings. The number of benzene rings is 1. The molecule has 0 atom stereocenters. The Morgan fingerprint density at radius 1 is 1.12 bits per heavy atom. The number of nitrogens with one attached hydrogen (secondary N) is 2. The van der Waals surface area contributed by atoms with Gasteiger partial charge in [-0.2, -0.15) is 5.10 Å². The van der Waals surface area contributed by atoms with E-state index in [4.69, 9.17) is 9.47 Å². The van der Waals surface area contributed by atoms with E-state index in [0.717, 1.165) is 34.0 Å². The number of ether oxygens (including phenoxy) is 2. The Morgan fingerprint density at radius 2 is 1.92 bits per heavy atom. The van der Waals surface area contributed by atoms with Crippen molar-refractivity contribution in [2.45, 2.75) is 27.3 Å². The molecule has 1 aromatic carbocycles. The Hall–Kier alpha value is -2.83. The first-order valence-corrected chi connectivity index (χ1v) is 7.83. The van der Waals surface area contributed by atoms with Gasteiger partial charge in [0.25, 0.3) is 0 Å². The molecule has 3 aromatic rings. The van der Waals surface area contributed by atoms with E-state index in [1.165, 1.54) is 6.33 Å². The van der Waals surface area contributed by atoms with Crippen LogP contribution >= 0.6 is 0 Å². The zero-order chi connectivity index (χ0) is 17.5. The standard InChI is InChI=1S/C15H17N5O2.C2H6/c1-9-13-14(17-8-18-15(13)20-19-9)16-7-10-4-5-11(21-2)6-12(10)22-3;1-2/h4-6,8H,7H2,1-3H3,(H2,16,17,18,19,20);1-2H3. The summed E-state index contributed by atoms with van der Waals surface area (Å²) in [4.78, 5) is 8.44. The van der Waals surface area contributed by atoms with Gasteiger partial charge >= 0.3 is 0 Å². The van der Waals surface area contributed by atoms with Gasteiger partial charge in [0.2, 0.25) is 0 Å². The normalized spacial score (nSPS) is 10.0. The summed E-state index contributed by atoms with van der Waals surface area (Å²) in [6.45, 7) is 6.52. The number of aryl methyl sites for hydroxylation is 1. The number of methoxy groups -OCH3 is 2. The fourth-order valence-corrected chi connectivity index (χ4v) is 2.31. The number of aromatic nitrogens is 4. The highest BCUT2D eigenvalue weighted by Crippen LogP contribution is 2.26. The fourth-order valence-electron chi connectivity index (χ4n) is 2.31. The molecule has 128 valence electrons. The number of aromatic amines is 1. The molecule has 2 N–H and O–H groups in total. The lowest BCUT2D eigenvalue weighted by molar-refractivity contribution is 0.391. The molecular weight excluding hydrogens is 306 g/mol. The van der Waals surface area contributed by atoms with Gasteiger partial charge in [-0.25, -0.2) is 9.97 Å². The van der Waals surface area contributed by atoms with Crippen LogP contribution in [0, 0.1) is 6.92 Å². The Balaban J connectivity index is 0.00000100. The molecule has 0 aliphatic heterocycles. The van der Waals surface area contributed by atoms with Gasteiger partial charge in [0.15, 0.2) is 5.65 Å². The molecule has 2 aromatic heterocycles. The Bertz CT molecular complexity index is 801. The molecule has 0 unspecified atom stereocenters. The first-order chi connectivity index (χ1) is 11.7. The van der Waals surface area contributed by atoms with E-state index in [1.807, 2.05) is 39.0 Å². The van der Waals surface area contributed by atoms with E-state index in [2.05, 4.69) is 25.5 Å². The van der Waals surface area contributed by atoms with Crippen LogP contribution in [0.15, 0.2) is 24.5 Å². The lowest BCUT2D eigenvalue weighted by Crippen LogP contribution is -2.04. The van der Waals surface area contributed by atoms with Crippen LogP contribution in [0.2, 0.25) is 0 Å². The van der Waals surface area contributed by atoms with Gasteiger partial charge < -0.3 is 14.8 Å². The van der Waals surface area contributed by atoms with Crippen molar-refractivity contribution in [3.63, 3.8) is 0 Å². The van der Waals surface area contributed by atoms with Crippen molar-refractivity contribution in [3.8, 4) is 11.5 Å². The van der Waals surface area contributed by atoms with Crippen molar-refractivity contribution in [1.82, 2.24) is 20.2 Å². The van der Waals surface area contributed by atoms with E-state index in [1.54, 1.807) is 14.2 Å². The summed E-state index contributed by atoms with van der Waals surface area (Å²) < 4.78 is 10.6. The van der Waals surface area contributed by atoms with E-state index < -0.39 is 0 Å². The summed E-state index contributed by atoms with van der Waals surface area (Å²) in [5.41, 5.74) is 2.59. The quantitative estimate of drug-likeness (QED) is 0.747. The summed E-state index contributed by atoms with van der Waals surface area (Å²) in [7, 11) is 3.27. The maximum absolute atomic E-state index is 5.40. The second-order valence-corrected chi connectivity index (χ2v) is 4.80. The minimum Gasteiger partial charge on any atom is -0.497 e.